The molecule has 0 saturated carbocycles. The van der Waals surface area contributed by atoms with Gasteiger partial charge in [-0.3, -0.25) is 4.90 Å². The molecule has 1 fully saturated rings. The lowest BCUT2D eigenvalue weighted by Gasteiger charge is -2.37. The predicted molar refractivity (Wildman–Crippen MR) is 79.3 cm³/mol. The summed E-state index contributed by atoms with van der Waals surface area (Å²) in [7, 11) is 2.20. The number of benzene rings is 1. The van der Waals surface area contributed by atoms with Crippen LogP contribution in [0.5, 0.6) is 0 Å². The molecule has 0 spiro atoms. The Kier molecular flexibility index (Phi) is 4.97. The summed E-state index contributed by atoms with van der Waals surface area (Å²) in [5.74, 6) is 0. The van der Waals surface area contributed by atoms with E-state index < -0.39 is 0 Å². The van der Waals surface area contributed by atoms with Gasteiger partial charge in [-0.25, -0.2) is 0 Å². The van der Waals surface area contributed by atoms with Crippen molar-refractivity contribution >= 4 is 0 Å². The van der Waals surface area contributed by atoms with Gasteiger partial charge in [-0.1, -0.05) is 29.3 Å². The number of likely N-dealkylation sites (N-methyl/N-ethyl adjacent to an activating group) is 1. The van der Waals surface area contributed by atoms with E-state index in [0.717, 1.165) is 26.1 Å². The number of hydrogen-bond acceptors (Lipinski definition) is 3. The van der Waals surface area contributed by atoms with Crippen molar-refractivity contribution in [2.75, 3.05) is 26.8 Å². The number of nitrogens with zero attached hydrogens (tertiary/aromatic N) is 1. The number of rotatable bonds is 4. The van der Waals surface area contributed by atoms with E-state index in [9.17, 15) is 0 Å². The van der Waals surface area contributed by atoms with Crippen molar-refractivity contribution in [2.45, 2.75) is 38.8 Å². The molecule has 0 radical (unpaired) electrons. The van der Waals surface area contributed by atoms with E-state index in [1.54, 1.807) is 0 Å². The summed E-state index contributed by atoms with van der Waals surface area (Å²) in [6, 6.07) is 7.64. The zero-order chi connectivity index (χ0) is 13.8. The lowest BCUT2D eigenvalue weighted by atomic mass is 9.97. The first-order valence-corrected chi connectivity index (χ1v) is 7.19. The molecule has 1 aromatic rings. The zero-order valence-electron chi connectivity index (χ0n) is 12.4. The topological polar surface area (TPSA) is 38.5 Å². The molecule has 19 heavy (non-hydrogen) atoms. The second-order valence-corrected chi connectivity index (χ2v) is 5.68. The largest absolute Gasteiger partial charge is 0.381 e. The SMILES string of the molecule is Cc1cc(C)cc(C(CN)N(C)C2CCOCC2)c1. The van der Waals surface area contributed by atoms with Crippen molar-refractivity contribution in [1.29, 1.82) is 0 Å². The Bertz CT molecular complexity index is 393. The van der Waals surface area contributed by atoms with Crippen molar-refractivity contribution in [3.05, 3.63) is 34.9 Å². The molecule has 1 aromatic carbocycles. The number of aryl methyl sites for hydroxylation is 2. The number of ether oxygens (including phenoxy) is 1. The van der Waals surface area contributed by atoms with Gasteiger partial charge < -0.3 is 10.5 Å². The lowest BCUT2D eigenvalue weighted by molar-refractivity contribution is 0.0293. The van der Waals surface area contributed by atoms with Gasteiger partial charge in [0.25, 0.3) is 0 Å². The summed E-state index contributed by atoms with van der Waals surface area (Å²) in [4.78, 5) is 2.44. The summed E-state index contributed by atoms with van der Waals surface area (Å²) in [5.41, 5.74) is 10.0. The summed E-state index contributed by atoms with van der Waals surface area (Å²) < 4.78 is 5.45. The zero-order valence-corrected chi connectivity index (χ0v) is 12.4. The van der Waals surface area contributed by atoms with Crippen molar-refractivity contribution in [3.8, 4) is 0 Å². The van der Waals surface area contributed by atoms with Crippen LogP contribution in [0.4, 0.5) is 0 Å². The highest BCUT2D eigenvalue weighted by molar-refractivity contribution is 5.31. The van der Waals surface area contributed by atoms with E-state index in [-0.39, 0.29) is 0 Å². The summed E-state index contributed by atoms with van der Waals surface area (Å²) >= 11 is 0. The molecule has 1 aliphatic heterocycles. The maximum absolute atomic E-state index is 6.04. The summed E-state index contributed by atoms with van der Waals surface area (Å²) in [5, 5.41) is 0. The molecule has 106 valence electrons. The fourth-order valence-electron chi connectivity index (χ4n) is 3.09. The van der Waals surface area contributed by atoms with E-state index in [4.69, 9.17) is 10.5 Å². The van der Waals surface area contributed by atoms with E-state index >= 15 is 0 Å². The average Bonchev–Trinajstić information content (AvgIpc) is 2.39. The van der Waals surface area contributed by atoms with Crippen molar-refractivity contribution < 1.29 is 4.74 Å². The van der Waals surface area contributed by atoms with E-state index in [0.29, 0.717) is 18.6 Å². The van der Waals surface area contributed by atoms with Crippen LogP contribution < -0.4 is 5.73 Å². The number of nitrogens with two attached hydrogens (primary N) is 1. The molecule has 3 nitrogen and oxygen atoms in total. The Morgan fingerprint density at radius 3 is 2.32 bits per heavy atom. The van der Waals surface area contributed by atoms with Gasteiger partial charge in [0, 0.05) is 31.8 Å². The van der Waals surface area contributed by atoms with Gasteiger partial charge in [0.2, 0.25) is 0 Å². The van der Waals surface area contributed by atoms with Gasteiger partial charge >= 0.3 is 0 Å². The molecule has 0 aliphatic carbocycles. The minimum Gasteiger partial charge on any atom is -0.381 e. The maximum Gasteiger partial charge on any atom is 0.0480 e. The van der Waals surface area contributed by atoms with Crippen molar-refractivity contribution in [3.63, 3.8) is 0 Å². The molecule has 1 unspecified atom stereocenters. The molecule has 3 heteroatoms. The van der Waals surface area contributed by atoms with Crippen LogP contribution in [-0.4, -0.2) is 37.7 Å². The standard InChI is InChI=1S/C16H26N2O/c1-12-8-13(2)10-14(9-12)16(11-17)18(3)15-4-6-19-7-5-15/h8-10,15-16H,4-7,11,17H2,1-3H3. The van der Waals surface area contributed by atoms with Crippen LogP contribution in [0.15, 0.2) is 18.2 Å². The lowest BCUT2D eigenvalue weighted by Crippen LogP contribution is -2.41. The van der Waals surface area contributed by atoms with Gasteiger partial charge in [0.05, 0.1) is 0 Å². The van der Waals surface area contributed by atoms with Crippen LogP contribution in [0.3, 0.4) is 0 Å². The fraction of sp³-hybridized carbons (Fsp3) is 0.625. The first-order valence-electron chi connectivity index (χ1n) is 7.19. The molecule has 1 atom stereocenters. The molecule has 0 amide bonds. The third-order valence-electron chi connectivity index (χ3n) is 4.11. The average molecular weight is 262 g/mol. The molecule has 0 bridgehead atoms. The van der Waals surface area contributed by atoms with Crippen molar-refractivity contribution in [1.82, 2.24) is 4.90 Å². The highest BCUT2D eigenvalue weighted by Gasteiger charge is 2.25. The van der Waals surface area contributed by atoms with Crippen LogP contribution in [0, 0.1) is 13.8 Å². The second kappa shape index (κ2) is 6.51. The van der Waals surface area contributed by atoms with Gasteiger partial charge in [0.15, 0.2) is 0 Å². The molecule has 2 N–H and O–H groups in total. The highest BCUT2D eigenvalue weighted by atomic mass is 16.5. The normalized spacial score (nSPS) is 18.8. The van der Waals surface area contributed by atoms with E-state index in [1.165, 1.54) is 16.7 Å². The van der Waals surface area contributed by atoms with E-state index in [2.05, 4.69) is 44.0 Å². The molecule has 0 aromatic heterocycles. The van der Waals surface area contributed by atoms with Gasteiger partial charge in [0.1, 0.15) is 0 Å². The smallest absolute Gasteiger partial charge is 0.0480 e. The first kappa shape index (κ1) is 14.5. The molecule has 1 saturated heterocycles. The van der Waals surface area contributed by atoms with Gasteiger partial charge in [-0.2, -0.15) is 0 Å². The van der Waals surface area contributed by atoms with Crippen LogP contribution >= 0.6 is 0 Å². The number of hydrogen-bond donors (Lipinski definition) is 1. The Morgan fingerprint density at radius 2 is 1.79 bits per heavy atom. The van der Waals surface area contributed by atoms with Crippen LogP contribution in [0.1, 0.15) is 35.6 Å². The van der Waals surface area contributed by atoms with Crippen LogP contribution in [-0.2, 0) is 4.74 Å². The minimum absolute atomic E-state index is 0.307. The van der Waals surface area contributed by atoms with E-state index in [1.807, 2.05) is 0 Å². The van der Waals surface area contributed by atoms with Crippen LogP contribution in [0.25, 0.3) is 0 Å². The quantitative estimate of drug-likeness (QED) is 0.905. The molecule has 1 heterocycles. The van der Waals surface area contributed by atoms with Gasteiger partial charge in [-0.15, -0.1) is 0 Å². The minimum atomic E-state index is 0.307. The summed E-state index contributed by atoms with van der Waals surface area (Å²) in [6.45, 7) is 6.71. The highest BCUT2D eigenvalue weighted by Crippen LogP contribution is 2.26. The first-order chi connectivity index (χ1) is 9.11. The fourth-order valence-corrected chi connectivity index (χ4v) is 3.09. The Morgan fingerprint density at radius 1 is 1.21 bits per heavy atom. The van der Waals surface area contributed by atoms with Gasteiger partial charge in [-0.05, 0) is 39.3 Å². The maximum atomic E-state index is 6.04. The van der Waals surface area contributed by atoms with Crippen LogP contribution in [0.2, 0.25) is 0 Å². The monoisotopic (exact) mass is 262 g/mol. The molecule has 1 aliphatic rings. The molecular weight excluding hydrogens is 236 g/mol. The second-order valence-electron chi connectivity index (χ2n) is 5.68. The summed E-state index contributed by atoms with van der Waals surface area (Å²) in [6.07, 6.45) is 2.22. The third kappa shape index (κ3) is 3.56. The Labute approximate surface area is 116 Å². The molecular formula is C16H26N2O. The Balaban J connectivity index is 2.17. The molecule has 2 rings (SSSR count). The third-order valence-corrected chi connectivity index (χ3v) is 4.11. The van der Waals surface area contributed by atoms with Crippen molar-refractivity contribution in [2.24, 2.45) is 5.73 Å². The Hall–Kier alpha value is -0.900. The predicted octanol–water partition coefficient (Wildman–Crippen LogP) is 2.41.